The smallest absolute Gasteiger partial charge is 0.206 e. The summed E-state index contributed by atoms with van der Waals surface area (Å²) in [4.78, 5) is 37.7. The molecule has 5 N–H and O–H groups in total. The number of rotatable bonds is 1. The number of hydrogen-bond acceptors (Lipinski definition) is 8. The van der Waals surface area contributed by atoms with Gasteiger partial charge >= 0.3 is 0 Å². The number of aryl methyl sites for hydroxylation is 2. The van der Waals surface area contributed by atoms with Crippen molar-refractivity contribution in [3.8, 4) is 11.5 Å². The van der Waals surface area contributed by atoms with Crippen molar-refractivity contribution >= 4 is 28.1 Å². The molecule has 2 aliphatic carbocycles. The van der Waals surface area contributed by atoms with Crippen LogP contribution in [0.15, 0.2) is 23.5 Å². The van der Waals surface area contributed by atoms with E-state index in [9.17, 15) is 39.9 Å². The van der Waals surface area contributed by atoms with Crippen LogP contribution in [0.25, 0.3) is 10.8 Å². The molecule has 0 spiro atoms. The van der Waals surface area contributed by atoms with Gasteiger partial charge in [0.1, 0.15) is 28.9 Å². The van der Waals surface area contributed by atoms with E-state index in [2.05, 4.69) is 0 Å². The predicted octanol–water partition coefficient (Wildman–Crippen LogP) is 1.30. The quantitative estimate of drug-likeness (QED) is 0.440. The third-order valence-electron chi connectivity index (χ3n) is 6.39. The Labute approximate surface area is 170 Å². The van der Waals surface area contributed by atoms with Gasteiger partial charge in [-0.05, 0) is 49.3 Å². The van der Waals surface area contributed by atoms with Crippen molar-refractivity contribution in [2.45, 2.75) is 38.9 Å². The highest BCUT2D eigenvalue weighted by atomic mass is 16.4. The van der Waals surface area contributed by atoms with Crippen LogP contribution in [0.1, 0.15) is 34.0 Å². The minimum absolute atomic E-state index is 0.0179. The molecular weight excluding hydrogens is 392 g/mol. The molecule has 2 aromatic carbocycles. The monoisotopic (exact) mass is 412 g/mol. The number of benzene rings is 2. The fraction of sp³-hybridized carbons (Fsp3) is 0.318. The van der Waals surface area contributed by atoms with E-state index in [1.54, 1.807) is 26.0 Å². The summed E-state index contributed by atoms with van der Waals surface area (Å²) in [5.74, 6) is -6.51. The van der Waals surface area contributed by atoms with E-state index in [0.29, 0.717) is 16.5 Å². The molecule has 8 heteroatoms. The van der Waals surface area contributed by atoms with Gasteiger partial charge in [0.2, 0.25) is 5.78 Å². The zero-order chi connectivity index (χ0) is 22.3. The van der Waals surface area contributed by atoms with E-state index >= 15 is 0 Å². The maximum atomic E-state index is 13.4. The zero-order valence-corrected chi connectivity index (χ0v) is 16.5. The van der Waals surface area contributed by atoms with Crippen LogP contribution in [0.3, 0.4) is 0 Å². The summed E-state index contributed by atoms with van der Waals surface area (Å²) < 4.78 is 0. The van der Waals surface area contributed by atoms with Crippen molar-refractivity contribution in [1.82, 2.24) is 0 Å². The molecule has 156 valence electrons. The third-order valence-corrected chi connectivity index (χ3v) is 6.39. The van der Waals surface area contributed by atoms with Crippen LogP contribution in [0, 0.1) is 19.8 Å². The zero-order valence-electron chi connectivity index (χ0n) is 16.5. The van der Waals surface area contributed by atoms with Gasteiger partial charge in [-0.3, -0.25) is 14.4 Å². The van der Waals surface area contributed by atoms with Gasteiger partial charge in [-0.25, -0.2) is 0 Å². The highest BCUT2D eigenvalue weighted by Gasteiger charge is 2.61. The van der Waals surface area contributed by atoms with Gasteiger partial charge in [-0.1, -0.05) is 12.1 Å². The minimum Gasteiger partial charge on any atom is -0.508 e. The van der Waals surface area contributed by atoms with Crippen molar-refractivity contribution in [2.24, 2.45) is 5.92 Å². The first-order chi connectivity index (χ1) is 13.9. The number of Topliss-reactive ketones (excluding diaryl/α,β-unsaturated/α-hetero) is 3. The van der Waals surface area contributed by atoms with Crippen LogP contribution in [-0.2, 0) is 16.0 Å². The highest BCUT2D eigenvalue weighted by molar-refractivity contribution is 6.25. The van der Waals surface area contributed by atoms with Crippen molar-refractivity contribution in [2.75, 3.05) is 0 Å². The first kappa shape index (κ1) is 20.1. The predicted molar refractivity (Wildman–Crippen MR) is 105 cm³/mol. The van der Waals surface area contributed by atoms with E-state index in [-0.39, 0.29) is 28.7 Å². The number of carbonyl (C=O) groups is 3. The van der Waals surface area contributed by atoms with Gasteiger partial charge in [0.05, 0.1) is 10.9 Å². The number of phenolic OH excluding ortho intramolecular Hbond substituents is 2. The van der Waals surface area contributed by atoms with Crippen LogP contribution in [0.4, 0.5) is 0 Å². The Morgan fingerprint density at radius 2 is 1.73 bits per heavy atom. The van der Waals surface area contributed by atoms with E-state index in [0.717, 1.165) is 6.92 Å². The van der Waals surface area contributed by atoms with Gasteiger partial charge in [0.25, 0.3) is 0 Å². The molecule has 30 heavy (non-hydrogen) atoms. The number of aliphatic hydroxyl groups excluding tert-OH is 2. The fourth-order valence-corrected chi connectivity index (χ4v) is 4.69. The number of carbonyl (C=O) groups excluding carboxylic acids is 3. The largest absolute Gasteiger partial charge is 0.508 e. The van der Waals surface area contributed by atoms with Crippen LogP contribution in [-0.4, -0.2) is 54.6 Å². The fourth-order valence-electron chi connectivity index (χ4n) is 4.69. The Morgan fingerprint density at radius 1 is 1.10 bits per heavy atom. The molecular formula is C22H20O8. The van der Waals surface area contributed by atoms with Crippen LogP contribution in [0.5, 0.6) is 11.5 Å². The van der Waals surface area contributed by atoms with E-state index in [1.807, 2.05) is 0 Å². The standard InChI is InChI=1S/C22H20O8/c1-7-4-5-10-8(2)11-6-12-17(25)19(27)13(9(3)23)20(28)22(12,30)21(29)15(11)18(26)14(10)16(7)24/h4-5,12,17,24-26,28,30H,6H2,1-3H3/t12?,17?,22-/m1/s1. The molecule has 2 aromatic rings. The lowest BCUT2D eigenvalue weighted by molar-refractivity contribution is -0.138. The first-order valence-electron chi connectivity index (χ1n) is 9.35. The summed E-state index contributed by atoms with van der Waals surface area (Å²) in [6, 6.07) is 3.31. The number of aliphatic hydroxyl groups is 3. The maximum Gasteiger partial charge on any atom is 0.206 e. The van der Waals surface area contributed by atoms with Crippen LogP contribution >= 0.6 is 0 Å². The average molecular weight is 412 g/mol. The summed E-state index contributed by atoms with van der Waals surface area (Å²) in [5, 5.41) is 54.1. The third kappa shape index (κ3) is 2.20. The molecule has 3 atom stereocenters. The minimum atomic E-state index is -2.77. The van der Waals surface area contributed by atoms with E-state index < -0.39 is 52.1 Å². The normalized spacial score (nSPS) is 26.0. The second-order valence-corrected chi connectivity index (χ2v) is 7.98. The highest BCUT2D eigenvalue weighted by Crippen LogP contribution is 2.50. The Morgan fingerprint density at radius 3 is 2.33 bits per heavy atom. The average Bonchev–Trinajstić information content (AvgIpc) is 2.68. The van der Waals surface area contributed by atoms with Crippen molar-refractivity contribution in [3.05, 3.63) is 45.7 Å². The Balaban J connectivity index is 2.11. The number of phenols is 2. The molecule has 4 rings (SSSR count). The second-order valence-electron chi connectivity index (χ2n) is 7.98. The van der Waals surface area contributed by atoms with Crippen LogP contribution in [0.2, 0.25) is 0 Å². The van der Waals surface area contributed by atoms with Crippen molar-refractivity contribution in [3.63, 3.8) is 0 Å². The molecule has 0 bridgehead atoms. The molecule has 0 aromatic heterocycles. The summed E-state index contributed by atoms with van der Waals surface area (Å²) in [7, 11) is 0. The molecule has 2 aliphatic rings. The lowest BCUT2D eigenvalue weighted by Crippen LogP contribution is -2.61. The van der Waals surface area contributed by atoms with Crippen molar-refractivity contribution in [1.29, 1.82) is 0 Å². The molecule has 0 aliphatic heterocycles. The molecule has 0 amide bonds. The SMILES string of the molecule is CC(=O)C1=C(O)[C@@]2(O)C(=O)c3c(c(C)c4ccc(C)c(O)c4c3O)CC2C(O)C1=O. The van der Waals surface area contributed by atoms with E-state index in [4.69, 9.17) is 0 Å². The lowest BCUT2D eigenvalue weighted by Gasteiger charge is -2.44. The summed E-state index contributed by atoms with van der Waals surface area (Å²) in [6.07, 6.45) is -2.12. The van der Waals surface area contributed by atoms with Crippen molar-refractivity contribution < 1.29 is 39.9 Å². The molecule has 0 heterocycles. The van der Waals surface area contributed by atoms with Crippen LogP contribution < -0.4 is 0 Å². The summed E-state index contributed by atoms with van der Waals surface area (Å²) in [5.41, 5.74) is -2.67. The van der Waals surface area contributed by atoms with Gasteiger partial charge in [-0.2, -0.15) is 0 Å². The molecule has 8 nitrogen and oxygen atoms in total. The molecule has 0 saturated carbocycles. The second kappa shape index (κ2) is 6.13. The van der Waals surface area contributed by atoms with Gasteiger partial charge < -0.3 is 25.5 Å². The number of aromatic hydroxyl groups is 2. The van der Waals surface area contributed by atoms with Gasteiger partial charge in [0, 0.05) is 5.92 Å². The number of ketones is 3. The summed E-state index contributed by atoms with van der Waals surface area (Å²) >= 11 is 0. The molecule has 0 radical (unpaired) electrons. The molecule has 0 fully saturated rings. The number of hydrogen-bond donors (Lipinski definition) is 5. The van der Waals surface area contributed by atoms with Gasteiger partial charge in [0.15, 0.2) is 17.2 Å². The molecule has 2 unspecified atom stereocenters. The first-order valence-corrected chi connectivity index (χ1v) is 9.35. The number of fused-ring (bicyclic) bond motifs is 3. The summed E-state index contributed by atoms with van der Waals surface area (Å²) in [6.45, 7) is 4.24. The Kier molecular flexibility index (Phi) is 4.10. The van der Waals surface area contributed by atoms with E-state index in [1.165, 1.54) is 0 Å². The van der Waals surface area contributed by atoms with Gasteiger partial charge in [-0.15, -0.1) is 0 Å². The molecule has 0 saturated heterocycles. The maximum absolute atomic E-state index is 13.4. The Bertz CT molecular complexity index is 1220. The topological polar surface area (TPSA) is 152 Å². The lowest BCUT2D eigenvalue weighted by atomic mass is 9.62. The Hall–Kier alpha value is -3.23.